The molecular formula is C18H26N2OS. The lowest BCUT2D eigenvalue weighted by molar-refractivity contribution is -0.121. The van der Waals surface area contributed by atoms with Crippen LogP contribution in [0.3, 0.4) is 0 Å². The quantitative estimate of drug-likeness (QED) is 0.723. The Morgan fingerprint density at radius 2 is 2.09 bits per heavy atom. The van der Waals surface area contributed by atoms with Crippen molar-refractivity contribution in [2.45, 2.75) is 38.9 Å². The molecule has 1 aromatic heterocycles. The first-order valence-corrected chi connectivity index (χ1v) is 9.12. The highest BCUT2D eigenvalue weighted by Gasteiger charge is 2.21. The number of benzene rings is 1. The SMILES string of the molecule is CCSC(C(=O)NCCCc1c[nH]c2ccccc12)C(C)C. The molecule has 1 unspecified atom stereocenters. The summed E-state index contributed by atoms with van der Waals surface area (Å²) >= 11 is 1.73. The van der Waals surface area contributed by atoms with Gasteiger partial charge in [-0.2, -0.15) is 0 Å². The van der Waals surface area contributed by atoms with Crippen LogP contribution in [0.2, 0.25) is 0 Å². The number of nitrogens with one attached hydrogen (secondary N) is 2. The molecular weight excluding hydrogens is 292 g/mol. The molecule has 1 atom stereocenters. The predicted octanol–water partition coefficient (Wildman–Crippen LogP) is 3.99. The highest BCUT2D eigenvalue weighted by Crippen LogP contribution is 2.20. The van der Waals surface area contributed by atoms with E-state index in [4.69, 9.17) is 0 Å². The Kier molecular flexibility index (Phi) is 6.37. The molecule has 1 aromatic carbocycles. The molecule has 0 aliphatic rings. The molecule has 0 saturated heterocycles. The molecule has 2 aromatic rings. The van der Waals surface area contributed by atoms with Crippen LogP contribution in [0.4, 0.5) is 0 Å². The number of carbonyl (C=O) groups is 1. The van der Waals surface area contributed by atoms with Crippen LogP contribution >= 0.6 is 11.8 Å². The number of para-hydroxylation sites is 1. The third kappa shape index (κ3) is 4.29. The summed E-state index contributed by atoms with van der Waals surface area (Å²) in [4.78, 5) is 15.5. The summed E-state index contributed by atoms with van der Waals surface area (Å²) in [5, 5.41) is 4.44. The molecule has 4 heteroatoms. The third-order valence-electron chi connectivity index (χ3n) is 3.81. The second kappa shape index (κ2) is 8.28. The smallest absolute Gasteiger partial charge is 0.233 e. The molecule has 3 nitrogen and oxygen atoms in total. The van der Waals surface area contributed by atoms with Crippen molar-refractivity contribution < 1.29 is 4.79 Å². The largest absolute Gasteiger partial charge is 0.361 e. The van der Waals surface area contributed by atoms with Gasteiger partial charge in [-0.05, 0) is 36.1 Å². The number of aromatic nitrogens is 1. The monoisotopic (exact) mass is 318 g/mol. The summed E-state index contributed by atoms with van der Waals surface area (Å²) < 4.78 is 0. The van der Waals surface area contributed by atoms with Crippen LogP contribution in [0.1, 0.15) is 32.8 Å². The second-order valence-electron chi connectivity index (χ2n) is 5.87. The van der Waals surface area contributed by atoms with Crippen molar-refractivity contribution in [3.63, 3.8) is 0 Å². The van der Waals surface area contributed by atoms with Crippen molar-refractivity contribution in [3.8, 4) is 0 Å². The van der Waals surface area contributed by atoms with Crippen molar-refractivity contribution in [3.05, 3.63) is 36.0 Å². The second-order valence-corrected chi connectivity index (χ2v) is 7.29. The summed E-state index contributed by atoms with van der Waals surface area (Å²) in [6, 6.07) is 8.35. The average Bonchev–Trinajstić information content (AvgIpc) is 2.92. The van der Waals surface area contributed by atoms with Gasteiger partial charge in [0.1, 0.15) is 0 Å². The van der Waals surface area contributed by atoms with Gasteiger partial charge in [-0.15, -0.1) is 11.8 Å². The van der Waals surface area contributed by atoms with E-state index in [9.17, 15) is 4.79 Å². The maximum absolute atomic E-state index is 12.2. The maximum atomic E-state index is 12.2. The number of carbonyl (C=O) groups excluding carboxylic acids is 1. The normalized spacial score (nSPS) is 12.7. The van der Waals surface area contributed by atoms with E-state index >= 15 is 0 Å². The topological polar surface area (TPSA) is 44.9 Å². The molecule has 0 aliphatic carbocycles. The Bertz CT molecular complexity index is 606. The van der Waals surface area contributed by atoms with E-state index < -0.39 is 0 Å². The average molecular weight is 318 g/mol. The van der Waals surface area contributed by atoms with Crippen LogP contribution < -0.4 is 5.32 Å². The van der Waals surface area contributed by atoms with Gasteiger partial charge in [0, 0.05) is 23.6 Å². The Morgan fingerprint density at radius 3 is 2.82 bits per heavy atom. The lowest BCUT2D eigenvalue weighted by Crippen LogP contribution is -2.36. The van der Waals surface area contributed by atoms with Gasteiger partial charge >= 0.3 is 0 Å². The van der Waals surface area contributed by atoms with Crippen molar-refractivity contribution in [1.82, 2.24) is 10.3 Å². The molecule has 1 amide bonds. The first kappa shape index (κ1) is 16.9. The standard InChI is InChI=1S/C18H26N2OS/c1-4-22-17(13(2)3)18(21)19-11-7-8-14-12-20-16-10-6-5-9-15(14)16/h5-6,9-10,12-13,17,20H,4,7-8,11H2,1-3H3,(H,19,21). The van der Waals surface area contributed by atoms with E-state index in [0.29, 0.717) is 5.92 Å². The molecule has 0 saturated carbocycles. The number of amides is 1. The van der Waals surface area contributed by atoms with Gasteiger partial charge in [0.05, 0.1) is 5.25 Å². The van der Waals surface area contributed by atoms with Gasteiger partial charge in [0.2, 0.25) is 5.91 Å². The van der Waals surface area contributed by atoms with Crippen LogP contribution in [0.5, 0.6) is 0 Å². The number of thioether (sulfide) groups is 1. The Morgan fingerprint density at radius 1 is 1.32 bits per heavy atom. The molecule has 0 spiro atoms. The van der Waals surface area contributed by atoms with Crippen LogP contribution in [0, 0.1) is 5.92 Å². The zero-order valence-corrected chi connectivity index (χ0v) is 14.5. The van der Waals surface area contributed by atoms with E-state index in [0.717, 1.165) is 25.1 Å². The van der Waals surface area contributed by atoms with Crippen LogP contribution in [-0.2, 0) is 11.2 Å². The van der Waals surface area contributed by atoms with E-state index in [-0.39, 0.29) is 11.2 Å². The fraction of sp³-hybridized carbons (Fsp3) is 0.500. The zero-order valence-electron chi connectivity index (χ0n) is 13.7. The number of H-pyrrole nitrogens is 1. The summed E-state index contributed by atoms with van der Waals surface area (Å²) in [5.41, 5.74) is 2.51. The van der Waals surface area contributed by atoms with Gasteiger partial charge in [-0.25, -0.2) is 0 Å². The number of fused-ring (bicyclic) bond motifs is 1. The Labute approximate surface area is 137 Å². The van der Waals surface area contributed by atoms with E-state index in [1.54, 1.807) is 11.8 Å². The minimum absolute atomic E-state index is 0.0677. The zero-order chi connectivity index (χ0) is 15.9. The summed E-state index contributed by atoms with van der Waals surface area (Å²) in [5.74, 6) is 1.53. The Balaban J connectivity index is 1.80. The first-order chi connectivity index (χ1) is 10.6. The molecule has 0 aliphatic heterocycles. The lowest BCUT2D eigenvalue weighted by atomic mass is 10.1. The van der Waals surface area contributed by atoms with Gasteiger partial charge in [0.15, 0.2) is 0 Å². The van der Waals surface area contributed by atoms with Crippen LogP contribution in [-0.4, -0.2) is 28.4 Å². The molecule has 1 heterocycles. The van der Waals surface area contributed by atoms with Gasteiger partial charge in [-0.1, -0.05) is 39.0 Å². The number of rotatable bonds is 8. The van der Waals surface area contributed by atoms with Crippen molar-refractivity contribution in [2.24, 2.45) is 5.92 Å². The lowest BCUT2D eigenvalue weighted by Gasteiger charge is -2.19. The first-order valence-electron chi connectivity index (χ1n) is 8.07. The molecule has 0 fully saturated rings. The van der Waals surface area contributed by atoms with Gasteiger partial charge in [0.25, 0.3) is 0 Å². The van der Waals surface area contributed by atoms with Crippen LogP contribution in [0.25, 0.3) is 10.9 Å². The third-order valence-corrected chi connectivity index (χ3v) is 5.26. The highest BCUT2D eigenvalue weighted by molar-refractivity contribution is 8.00. The fourth-order valence-electron chi connectivity index (χ4n) is 2.68. The number of aryl methyl sites for hydroxylation is 1. The molecule has 0 radical (unpaired) electrons. The Hall–Kier alpha value is -1.42. The summed E-state index contributed by atoms with van der Waals surface area (Å²) in [6.07, 6.45) is 4.03. The molecule has 0 bridgehead atoms. The molecule has 2 rings (SSSR count). The molecule has 22 heavy (non-hydrogen) atoms. The van der Waals surface area contributed by atoms with Crippen LogP contribution in [0.15, 0.2) is 30.5 Å². The molecule has 2 N–H and O–H groups in total. The van der Waals surface area contributed by atoms with Gasteiger partial charge < -0.3 is 10.3 Å². The fourth-order valence-corrected chi connectivity index (χ4v) is 3.66. The van der Waals surface area contributed by atoms with Crippen molar-refractivity contribution >= 4 is 28.6 Å². The van der Waals surface area contributed by atoms with Gasteiger partial charge in [-0.3, -0.25) is 4.79 Å². The predicted molar refractivity (Wildman–Crippen MR) is 96.4 cm³/mol. The minimum Gasteiger partial charge on any atom is -0.361 e. The number of aromatic amines is 1. The summed E-state index contributed by atoms with van der Waals surface area (Å²) in [7, 11) is 0. The van der Waals surface area contributed by atoms with E-state index in [2.05, 4.69) is 55.5 Å². The highest BCUT2D eigenvalue weighted by atomic mass is 32.2. The number of hydrogen-bond donors (Lipinski definition) is 2. The number of hydrogen-bond acceptors (Lipinski definition) is 2. The van der Waals surface area contributed by atoms with Crippen molar-refractivity contribution in [2.75, 3.05) is 12.3 Å². The van der Waals surface area contributed by atoms with E-state index in [1.165, 1.54) is 16.5 Å². The molecule has 120 valence electrons. The minimum atomic E-state index is 0.0677. The maximum Gasteiger partial charge on any atom is 0.233 e. The van der Waals surface area contributed by atoms with E-state index in [1.807, 2.05) is 6.07 Å². The van der Waals surface area contributed by atoms with Crippen molar-refractivity contribution in [1.29, 1.82) is 0 Å². The summed E-state index contributed by atoms with van der Waals surface area (Å²) in [6.45, 7) is 7.06.